The molecule has 4 nitrogen and oxygen atoms in total. The summed E-state index contributed by atoms with van der Waals surface area (Å²) in [6.07, 6.45) is 4.25. The van der Waals surface area contributed by atoms with Crippen LogP contribution in [0.5, 0.6) is 0 Å². The summed E-state index contributed by atoms with van der Waals surface area (Å²) in [5.41, 5.74) is 4.77. The van der Waals surface area contributed by atoms with Crippen LogP contribution in [0.4, 0.5) is 0 Å². The fourth-order valence-electron chi connectivity index (χ4n) is 3.90. The summed E-state index contributed by atoms with van der Waals surface area (Å²) in [5.74, 6) is 0.0779. The second-order valence-electron chi connectivity index (χ2n) is 8.22. The SMILES string of the molecule is Cc1ccc(-n2ncc3c2CC(C)(C)CC3NC(=O)Cc2cccs2)cc1. The van der Waals surface area contributed by atoms with Gasteiger partial charge in [-0.1, -0.05) is 37.6 Å². The number of nitrogens with one attached hydrogen (secondary N) is 1. The first kappa shape index (κ1) is 18.0. The first-order chi connectivity index (χ1) is 12.9. The highest BCUT2D eigenvalue weighted by atomic mass is 32.1. The van der Waals surface area contributed by atoms with Crippen LogP contribution >= 0.6 is 11.3 Å². The molecule has 27 heavy (non-hydrogen) atoms. The van der Waals surface area contributed by atoms with Crippen LogP contribution < -0.4 is 5.32 Å². The molecule has 1 N–H and O–H groups in total. The van der Waals surface area contributed by atoms with Crippen molar-refractivity contribution in [3.8, 4) is 5.69 Å². The third-order valence-electron chi connectivity index (χ3n) is 5.21. The van der Waals surface area contributed by atoms with Gasteiger partial charge in [0.2, 0.25) is 5.91 Å². The van der Waals surface area contributed by atoms with E-state index in [9.17, 15) is 4.79 Å². The Hall–Kier alpha value is -2.40. The molecular formula is C22H25N3OS. The van der Waals surface area contributed by atoms with Crippen molar-refractivity contribution in [2.24, 2.45) is 5.41 Å². The number of amides is 1. The average Bonchev–Trinajstić information content (AvgIpc) is 3.24. The predicted molar refractivity (Wildman–Crippen MR) is 109 cm³/mol. The lowest BCUT2D eigenvalue weighted by molar-refractivity contribution is -0.121. The van der Waals surface area contributed by atoms with Gasteiger partial charge in [-0.15, -0.1) is 11.3 Å². The zero-order valence-electron chi connectivity index (χ0n) is 16.0. The van der Waals surface area contributed by atoms with Crippen LogP contribution in [0.1, 0.15) is 48.0 Å². The Kier molecular flexibility index (Phi) is 4.64. The summed E-state index contributed by atoms with van der Waals surface area (Å²) < 4.78 is 2.04. The quantitative estimate of drug-likeness (QED) is 0.719. The number of carbonyl (C=O) groups is 1. The van der Waals surface area contributed by atoms with E-state index in [2.05, 4.69) is 55.5 Å². The maximum atomic E-state index is 12.6. The number of aromatic nitrogens is 2. The predicted octanol–water partition coefficient (Wildman–Crippen LogP) is 4.61. The van der Waals surface area contributed by atoms with Crippen molar-refractivity contribution < 1.29 is 4.79 Å². The number of rotatable bonds is 4. The van der Waals surface area contributed by atoms with E-state index >= 15 is 0 Å². The number of thiophene rings is 1. The molecule has 1 aromatic carbocycles. The maximum Gasteiger partial charge on any atom is 0.225 e. The fourth-order valence-corrected chi connectivity index (χ4v) is 4.60. The molecule has 1 unspecified atom stereocenters. The van der Waals surface area contributed by atoms with E-state index in [1.165, 1.54) is 11.3 Å². The van der Waals surface area contributed by atoms with Crippen molar-refractivity contribution >= 4 is 17.2 Å². The van der Waals surface area contributed by atoms with Gasteiger partial charge >= 0.3 is 0 Å². The highest BCUT2D eigenvalue weighted by molar-refractivity contribution is 7.10. The highest BCUT2D eigenvalue weighted by Crippen LogP contribution is 2.41. The molecule has 0 spiro atoms. The largest absolute Gasteiger partial charge is 0.349 e. The second kappa shape index (κ2) is 6.97. The number of hydrogen-bond acceptors (Lipinski definition) is 3. The van der Waals surface area contributed by atoms with Gasteiger partial charge in [0.05, 0.1) is 30.0 Å². The zero-order valence-corrected chi connectivity index (χ0v) is 16.8. The van der Waals surface area contributed by atoms with E-state index in [0.29, 0.717) is 6.42 Å². The molecule has 1 aliphatic carbocycles. The van der Waals surface area contributed by atoms with E-state index in [0.717, 1.165) is 29.0 Å². The Morgan fingerprint density at radius 1 is 1.30 bits per heavy atom. The Morgan fingerprint density at radius 3 is 2.78 bits per heavy atom. The Morgan fingerprint density at radius 2 is 2.07 bits per heavy atom. The maximum absolute atomic E-state index is 12.6. The molecule has 2 heterocycles. The van der Waals surface area contributed by atoms with Gasteiger partial charge in [-0.3, -0.25) is 4.79 Å². The average molecular weight is 380 g/mol. The molecule has 0 bridgehead atoms. The number of carbonyl (C=O) groups excluding carboxylic acids is 1. The summed E-state index contributed by atoms with van der Waals surface area (Å²) in [7, 11) is 0. The lowest BCUT2D eigenvalue weighted by Gasteiger charge is -2.36. The molecule has 4 rings (SSSR count). The molecule has 1 atom stereocenters. The number of nitrogens with zero attached hydrogens (tertiary/aromatic N) is 2. The van der Waals surface area contributed by atoms with Crippen LogP contribution in [0, 0.1) is 12.3 Å². The topological polar surface area (TPSA) is 46.9 Å². The van der Waals surface area contributed by atoms with Gasteiger partial charge in [-0.25, -0.2) is 4.68 Å². The molecule has 0 aliphatic heterocycles. The minimum atomic E-state index is 0.00964. The number of aryl methyl sites for hydroxylation is 1. The van der Waals surface area contributed by atoms with E-state index in [1.54, 1.807) is 11.3 Å². The summed E-state index contributed by atoms with van der Waals surface area (Å²) in [6.45, 7) is 6.62. The van der Waals surface area contributed by atoms with Crippen LogP contribution in [0.15, 0.2) is 48.0 Å². The molecule has 0 radical (unpaired) electrons. The fraction of sp³-hybridized carbons (Fsp3) is 0.364. The van der Waals surface area contributed by atoms with Gasteiger partial charge in [0.25, 0.3) is 0 Å². The summed E-state index contributed by atoms with van der Waals surface area (Å²) in [6, 6.07) is 12.4. The summed E-state index contributed by atoms with van der Waals surface area (Å²) >= 11 is 1.62. The van der Waals surface area contributed by atoms with Gasteiger partial charge < -0.3 is 5.32 Å². The van der Waals surface area contributed by atoms with Crippen molar-refractivity contribution in [3.63, 3.8) is 0 Å². The van der Waals surface area contributed by atoms with E-state index < -0.39 is 0 Å². The third-order valence-corrected chi connectivity index (χ3v) is 6.08. The van der Waals surface area contributed by atoms with Crippen LogP contribution in [-0.4, -0.2) is 15.7 Å². The smallest absolute Gasteiger partial charge is 0.225 e. The monoisotopic (exact) mass is 379 g/mol. The van der Waals surface area contributed by atoms with Crippen molar-refractivity contribution in [3.05, 3.63) is 69.7 Å². The molecule has 0 saturated carbocycles. The van der Waals surface area contributed by atoms with Gasteiger partial charge in [0.1, 0.15) is 0 Å². The molecule has 5 heteroatoms. The standard InChI is InChI=1S/C22H25N3OS/c1-15-6-8-16(9-7-15)25-20-13-22(2,3)12-19(18(20)14-23-25)24-21(26)11-17-5-4-10-27-17/h4-10,14,19H,11-13H2,1-3H3,(H,24,26). The Bertz CT molecular complexity index is 939. The zero-order chi connectivity index (χ0) is 19.0. The summed E-state index contributed by atoms with van der Waals surface area (Å²) in [5, 5.41) is 9.93. The summed E-state index contributed by atoms with van der Waals surface area (Å²) in [4.78, 5) is 13.7. The highest BCUT2D eigenvalue weighted by Gasteiger charge is 2.36. The first-order valence-corrected chi connectivity index (χ1v) is 10.2. The van der Waals surface area contributed by atoms with Crippen LogP contribution in [0.25, 0.3) is 5.69 Å². The molecule has 3 aromatic rings. The van der Waals surface area contributed by atoms with Crippen LogP contribution in [0.2, 0.25) is 0 Å². The van der Waals surface area contributed by atoms with Crippen molar-refractivity contribution in [2.75, 3.05) is 0 Å². The minimum Gasteiger partial charge on any atom is -0.349 e. The molecule has 140 valence electrons. The van der Waals surface area contributed by atoms with Crippen LogP contribution in [0.3, 0.4) is 0 Å². The van der Waals surface area contributed by atoms with Gasteiger partial charge in [-0.05, 0) is 48.8 Å². The second-order valence-corrected chi connectivity index (χ2v) is 9.25. The normalized spacial score (nSPS) is 18.1. The first-order valence-electron chi connectivity index (χ1n) is 9.37. The van der Waals surface area contributed by atoms with E-state index in [-0.39, 0.29) is 17.4 Å². The lowest BCUT2D eigenvalue weighted by atomic mass is 9.74. The number of benzene rings is 1. The molecular weight excluding hydrogens is 354 g/mol. The molecule has 0 saturated heterocycles. The lowest BCUT2D eigenvalue weighted by Crippen LogP contribution is -2.37. The van der Waals surface area contributed by atoms with Crippen molar-refractivity contribution in [1.82, 2.24) is 15.1 Å². The van der Waals surface area contributed by atoms with Crippen molar-refractivity contribution in [2.45, 2.75) is 46.1 Å². The van der Waals surface area contributed by atoms with Gasteiger partial charge in [0, 0.05) is 10.4 Å². The van der Waals surface area contributed by atoms with Gasteiger partial charge in [0.15, 0.2) is 0 Å². The van der Waals surface area contributed by atoms with E-state index in [1.807, 2.05) is 28.4 Å². The number of fused-ring (bicyclic) bond motifs is 1. The van der Waals surface area contributed by atoms with E-state index in [4.69, 9.17) is 0 Å². The van der Waals surface area contributed by atoms with Crippen molar-refractivity contribution in [1.29, 1.82) is 0 Å². The molecule has 2 aromatic heterocycles. The molecule has 1 aliphatic rings. The molecule has 0 fully saturated rings. The Balaban J connectivity index is 1.62. The molecule has 1 amide bonds. The number of hydrogen-bond donors (Lipinski definition) is 1. The third kappa shape index (κ3) is 3.83. The minimum absolute atomic E-state index is 0.00964. The van der Waals surface area contributed by atoms with Crippen LogP contribution in [-0.2, 0) is 17.6 Å². The van der Waals surface area contributed by atoms with Gasteiger partial charge in [-0.2, -0.15) is 5.10 Å². The Labute approximate surface area is 164 Å².